The van der Waals surface area contributed by atoms with Crippen LogP contribution in [0.15, 0.2) is 30.3 Å². The fourth-order valence-electron chi connectivity index (χ4n) is 2.05. The van der Waals surface area contributed by atoms with Gasteiger partial charge >= 0.3 is 5.97 Å². The Hall–Kier alpha value is -1.77. The molecule has 0 amide bonds. The molecule has 0 N–H and O–H groups in total. The van der Waals surface area contributed by atoms with Crippen LogP contribution in [0.25, 0.3) is 6.08 Å². The number of hydrogen-bond acceptors (Lipinski definition) is 3. The van der Waals surface area contributed by atoms with Crippen molar-refractivity contribution in [3.8, 4) is 5.75 Å². The zero-order valence-corrected chi connectivity index (χ0v) is 13.6. The summed E-state index contributed by atoms with van der Waals surface area (Å²) < 4.78 is 10.8. The van der Waals surface area contributed by atoms with Gasteiger partial charge in [0, 0.05) is 6.08 Å². The molecule has 0 radical (unpaired) electrons. The van der Waals surface area contributed by atoms with Crippen LogP contribution in [0, 0.1) is 11.8 Å². The fraction of sp³-hybridized carbons (Fsp3) is 0.526. The predicted molar refractivity (Wildman–Crippen MR) is 88.7 cm³/mol. The van der Waals surface area contributed by atoms with Gasteiger partial charge in [0.2, 0.25) is 0 Å². The first-order valence-electron chi connectivity index (χ1n) is 8.21. The molecule has 0 spiro atoms. The molecule has 22 heavy (non-hydrogen) atoms. The molecular weight excluding hydrogens is 276 g/mol. The van der Waals surface area contributed by atoms with E-state index >= 15 is 0 Å². The number of ether oxygens (including phenoxy) is 2. The summed E-state index contributed by atoms with van der Waals surface area (Å²) in [4.78, 5) is 11.5. The van der Waals surface area contributed by atoms with Gasteiger partial charge in [0.1, 0.15) is 5.75 Å². The van der Waals surface area contributed by atoms with E-state index < -0.39 is 0 Å². The van der Waals surface area contributed by atoms with Gasteiger partial charge in [0.05, 0.1) is 13.2 Å². The highest BCUT2D eigenvalue weighted by Crippen LogP contribution is 2.28. The lowest BCUT2D eigenvalue weighted by molar-refractivity contribution is -0.138. The van der Waals surface area contributed by atoms with E-state index in [2.05, 4.69) is 13.8 Å². The third kappa shape index (κ3) is 6.79. The second-order valence-electron chi connectivity index (χ2n) is 6.36. The van der Waals surface area contributed by atoms with Crippen LogP contribution in [-0.4, -0.2) is 19.2 Å². The van der Waals surface area contributed by atoms with E-state index in [1.807, 2.05) is 24.3 Å². The highest BCUT2D eigenvalue weighted by Gasteiger charge is 2.22. The van der Waals surface area contributed by atoms with Gasteiger partial charge in [-0.25, -0.2) is 4.79 Å². The minimum Gasteiger partial charge on any atom is -0.494 e. The van der Waals surface area contributed by atoms with Crippen LogP contribution in [0.3, 0.4) is 0 Å². The molecule has 3 heteroatoms. The third-order valence-electron chi connectivity index (χ3n) is 3.64. The first-order chi connectivity index (χ1) is 10.6. The standard InChI is InChI=1S/C19H26O3/c1-15(2)4-3-13-21-18-10-7-16(8-11-18)9-12-19(20)22-14-17-5-6-17/h7-12,15,17H,3-6,13-14H2,1-2H3. The van der Waals surface area contributed by atoms with Gasteiger partial charge in [-0.15, -0.1) is 0 Å². The van der Waals surface area contributed by atoms with Crippen LogP contribution in [0.2, 0.25) is 0 Å². The molecule has 1 saturated carbocycles. The Balaban J connectivity index is 1.69. The van der Waals surface area contributed by atoms with Gasteiger partial charge in [0.15, 0.2) is 0 Å². The number of benzene rings is 1. The molecule has 3 nitrogen and oxygen atoms in total. The number of carbonyl (C=O) groups excluding carboxylic acids is 1. The molecule has 120 valence electrons. The number of carbonyl (C=O) groups is 1. The van der Waals surface area contributed by atoms with Crippen molar-refractivity contribution in [3.05, 3.63) is 35.9 Å². The van der Waals surface area contributed by atoms with Crippen molar-refractivity contribution in [1.82, 2.24) is 0 Å². The Morgan fingerprint density at radius 3 is 2.64 bits per heavy atom. The number of rotatable bonds is 9. The summed E-state index contributed by atoms with van der Waals surface area (Å²) in [5.41, 5.74) is 0.970. The monoisotopic (exact) mass is 302 g/mol. The normalized spacial score (nSPS) is 14.5. The Bertz CT molecular complexity index is 484. The summed E-state index contributed by atoms with van der Waals surface area (Å²) in [6.07, 6.45) is 7.90. The lowest BCUT2D eigenvalue weighted by Gasteiger charge is -2.07. The Morgan fingerprint density at radius 2 is 2.00 bits per heavy atom. The number of esters is 1. The number of hydrogen-bond donors (Lipinski definition) is 0. The van der Waals surface area contributed by atoms with Crippen molar-refractivity contribution in [1.29, 1.82) is 0 Å². The van der Waals surface area contributed by atoms with E-state index in [0.29, 0.717) is 12.5 Å². The molecule has 1 aromatic rings. The minimum atomic E-state index is -0.263. The SMILES string of the molecule is CC(C)CCCOc1ccc(C=CC(=O)OCC2CC2)cc1. The predicted octanol–water partition coefficient (Wildman–Crippen LogP) is 4.47. The first-order valence-corrected chi connectivity index (χ1v) is 8.21. The molecule has 0 aliphatic heterocycles. The molecule has 2 rings (SSSR count). The van der Waals surface area contributed by atoms with E-state index in [9.17, 15) is 4.79 Å². The molecular formula is C19H26O3. The van der Waals surface area contributed by atoms with Crippen molar-refractivity contribution >= 4 is 12.0 Å². The quantitative estimate of drug-likeness (QED) is 0.383. The summed E-state index contributed by atoms with van der Waals surface area (Å²) >= 11 is 0. The van der Waals surface area contributed by atoms with E-state index in [-0.39, 0.29) is 5.97 Å². The van der Waals surface area contributed by atoms with Gasteiger partial charge < -0.3 is 9.47 Å². The van der Waals surface area contributed by atoms with Crippen LogP contribution in [0.5, 0.6) is 5.75 Å². The van der Waals surface area contributed by atoms with Crippen molar-refractivity contribution in [3.63, 3.8) is 0 Å². The van der Waals surface area contributed by atoms with E-state index in [1.54, 1.807) is 6.08 Å². The Kier molecular flexibility index (Phi) is 6.50. The molecule has 1 fully saturated rings. The van der Waals surface area contributed by atoms with Gasteiger partial charge in [-0.1, -0.05) is 26.0 Å². The highest BCUT2D eigenvalue weighted by molar-refractivity contribution is 5.87. The van der Waals surface area contributed by atoms with E-state index in [0.717, 1.165) is 30.3 Å². The van der Waals surface area contributed by atoms with Gasteiger partial charge in [0.25, 0.3) is 0 Å². The van der Waals surface area contributed by atoms with Crippen LogP contribution >= 0.6 is 0 Å². The molecule has 1 aliphatic carbocycles. The fourth-order valence-corrected chi connectivity index (χ4v) is 2.05. The topological polar surface area (TPSA) is 35.5 Å². The van der Waals surface area contributed by atoms with Crippen LogP contribution in [-0.2, 0) is 9.53 Å². The van der Waals surface area contributed by atoms with Gasteiger partial charge in [-0.3, -0.25) is 0 Å². The summed E-state index contributed by atoms with van der Waals surface area (Å²) in [7, 11) is 0. The highest BCUT2D eigenvalue weighted by atomic mass is 16.5. The molecule has 0 aromatic heterocycles. The Morgan fingerprint density at radius 1 is 1.27 bits per heavy atom. The molecule has 0 bridgehead atoms. The summed E-state index contributed by atoms with van der Waals surface area (Å²) in [5, 5.41) is 0. The van der Waals surface area contributed by atoms with Gasteiger partial charge in [-0.2, -0.15) is 0 Å². The van der Waals surface area contributed by atoms with Crippen LogP contribution < -0.4 is 4.74 Å². The van der Waals surface area contributed by atoms with E-state index in [4.69, 9.17) is 9.47 Å². The third-order valence-corrected chi connectivity index (χ3v) is 3.64. The molecule has 1 aromatic carbocycles. The zero-order valence-electron chi connectivity index (χ0n) is 13.6. The maximum Gasteiger partial charge on any atom is 0.330 e. The lowest BCUT2D eigenvalue weighted by atomic mass is 10.1. The van der Waals surface area contributed by atoms with Crippen LogP contribution in [0.1, 0.15) is 45.1 Å². The van der Waals surface area contributed by atoms with Gasteiger partial charge in [-0.05, 0) is 61.3 Å². The van der Waals surface area contributed by atoms with Crippen molar-refractivity contribution < 1.29 is 14.3 Å². The zero-order chi connectivity index (χ0) is 15.8. The largest absolute Gasteiger partial charge is 0.494 e. The minimum absolute atomic E-state index is 0.263. The summed E-state index contributed by atoms with van der Waals surface area (Å²) in [5.74, 6) is 1.93. The second kappa shape index (κ2) is 8.62. The lowest BCUT2D eigenvalue weighted by Crippen LogP contribution is -2.03. The van der Waals surface area contributed by atoms with E-state index in [1.165, 1.54) is 25.3 Å². The molecule has 0 atom stereocenters. The summed E-state index contributed by atoms with van der Waals surface area (Å²) in [6, 6.07) is 7.76. The molecule has 1 aliphatic rings. The first kappa shape index (κ1) is 16.6. The average Bonchev–Trinajstić information content (AvgIpc) is 3.33. The van der Waals surface area contributed by atoms with Crippen LogP contribution in [0.4, 0.5) is 0 Å². The smallest absolute Gasteiger partial charge is 0.330 e. The second-order valence-corrected chi connectivity index (χ2v) is 6.36. The summed E-state index contributed by atoms with van der Waals surface area (Å²) in [6.45, 7) is 5.75. The molecule has 0 heterocycles. The molecule has 0 unspecified atom stereocenters. The van der Waals surface area contributed by atoms with Crippen molar-refractivity contribution in [2.24, 2.45) is 11.8 Å². The molecule has 0 saturated heterocycles. The Labute approximate surface area is 133 Å². The maximum absolute atomic E-state index is 11.5. The average molecular weight is 302 g/mol. The maximum atomic E-state index is 11.5. The van der Waals surface area contributed by atoms with Crippen molar-refractivity contribution in [2.75, 3.05) is 13.2 Å². The van der Waals surface area contributed by atoms with Crippen molar-refractivity contribution in [2.45, 2.75) is 39.5 Å².